The highest BCUT2D eigenvalue weighted by Crippen LogP contribution is 2.48. The highest BCUT2D eigenvalue weighted by Gasteiger charge is 2.43. The van der Waals surface area contributed by atoms with E-state index in [-0.39, 0.29) is 11.8 Å². The van der Waals surface area contributed by atoms with Crippen LogP contribution in [0.3, 0.4) is 0 Å². The fourth-order valence-corrected chi connectivity index (χ4v) is 4.73. The minimum Gasteiger partial charge on any atom is -0.422 e. The normalized spacial score (nSPS) is 17.5. The summed E-state index contributed by atoms with van der Waals surface area (Å²) in [6.45, 7) is 1.85. The minimum atomic E-state index is -0.876. The second kappa shape index (κ2) is 7.93. The Morgan fingerprint density at radius 3 is 2.56 bits per heavy atom. The Bertz CT molecular complexity index is 1370. The highest BCUT2D eigenvalue weighted by molar-refractivity contribution is 9.10. The van der Waals surface area contributed by atoms with Crippen molar-refractivity contribution in [2.24, 2.45) is 5.92 Å². The molecule has 2 aromatic heterocycles. The molecule has 2 unspecified atom stereocenters. The van der Waals surface area contributed by atoms with E-state index < -0.39 is 11.8 Å². The second-order valence-electron chi connectivity index (χ2n) is 7.41. The van der Waals surface area contributed by atoms with Gasteiger partial charge in [-0.25, -0.2) is 4.68 Å². The molecule has 32 heavy (non-hydrogen) atoms. The molecule has 0 radical (unpaired) electrons. The van der Waals surface area contributed by atoms with Gasteiger partial charge in [0.2, 0.25) is 11.8 Å². The molecule has 0 aliphatic carbocycles. The number of ether oxygens (including phenoxy) is 1. The number of H-pyrrole nitrogens is 1. The molecular weight excluding hydrogens is 492 g/mol. The summed E-state index contributed by atoms with van der Waals surface area (Å²) in [7, 11) is 0. The largest absolute Gasteiger partial charge is 0.422 e. The molecular formula is C23H16BrClN6O. The van der Waals surface area contributed by atoms with Gasteiger partial charge in [0, 0.05) is 21.5 Å². The summed E-state index contributed by atoms with van der Waals surface area (Å²) in [6, 6.07) is 19.5. The van der Waals surface area contributed by atoms with Crippen molar-refractivity contribution in [3.8, 4) is 28.9 Å². The third kappa shape index (κ3) is 3.22. The van der Waals surface area contributed by atoms with E-state index in [2.05, 4.69) is 37.3 Å². The molecule has 0 saturated carbocycles. The third-order valence-corrected chi connectivity index (χ3v) is 6.43. The summed E-state index contributed by atoms with van der Waals surface area (Å²) in [5, 5.41) is 30.7. The van der Waals surface area contributed by atoms with Crippen molar-refractivity contribution in [2.75, 3.05) is 0 Å². The Kier molecular flexibility index (Phi) is 5.08. The number of hydrogen-bond donors (Lipinski definition) is 2. The van der Waals surface area contributed by atoms with E-state index in [0.29, 0.717) is 27.7 Å². The molecule has 4 aromatic rings. The van der Waals surface area contributed by atoms with Crippen LogP contribution in [-0.4, -0.2) is 25.9 Å². The lowest BCUT2D eigenvalue weighted by molar-refractivity contribution is 0.437. The number of rotatable bonds is 3. The van der Waals surface area contributed by atoms with Crippen LogP contribution in [0.5, 0.6) is 5.88 Å². The average molecular weight is 508 g/mol. The molecule has 0 amide bonds. The zero-order chi connectivity index (χ0) is 22.4. The van der Waals surface area contributed by atoms with E-state index in [9.17, 15) is 5.26 Å². The molecule has 1 aliphatic heterocycles. The van der Waals surface area contributed by atoms with Gasteiger partial charge in [0.25, 0.3) is 0 Å². The van der Waals surface area contributed by atoms with Crippen molar-refractivity contribution in [2.45, 2.75) is 12.8 Å². The molecule has 2 N–H and O–H groups in total. The summed E-state index contributed by atoms with van der Waals surface area (Å²) in [4.78, 5) is 0. The van der Waals surface area contributed by atoms with Crippen LogP contribution in [-0.2, 0) is 0 Å². The fraction of sp³-hybridized carbons (Fsp3) is 0.130. The maximum Gasteiger partial charge on any atom is 0.244 e. The zero-order valence-electron chi connectivity index (χ0n) is 16.8. The smallest absolute Gasteiger partial charge is 0.244 e. The molecule has 1 aliphatic rings. The standard InChI is InChI=1S/C23H16BrClN6O/c1-12-17(21(25)31(30-12)15-5-3-2-4-6-15)18-16(11-26)22(27)32-23-19(18)20(28-29-23)13-7-9-14(24)10-8-13/h2-10,16,18,27H,1H3,(H,28,29). The van der Waals surface area contributed by atoms with Crippen LogP contribution in [0.25, 0.3) is 16.9 Å². The van der Waals surface area contributed by atoms with E-state index >= 15 is 0 Å². The van der Waals surface area contributed by atoms with E-state index in [0.717, 1.165) is 15.7 Å². The van der Waals surface area contributed by atoms with Crippen LogP contribution in [0.15, 0.2) is 59.1 Å². The van der Waals surface area contributed by atoms with Crippen molar-refractivity contribution < 1.29 is 4.74 Å². The average Bonchev–Trinajstić information content (AvgIpc) is 3.34. The van der Waals surface area contributed by atoms with Crippen LogP contribution in [0, 0.1) is 29.6 Å². The van der Waals surface area contributed by atoms with Gasteiger partial charge in [-0.15, -0.1) is 5.10 Å². The molecule has 0 bridgehead atoms. The summed E-state index contributed by atoms with van der Waals surface area (Å²) in [6.07, 6.45) is 0. The molecule has 5 rings (SSSR count). The van der Waals surface area contributed by atoms with Crippen molar-refractivity contribution >= 4 is 33.4 Å². The van der Waals surface area contributed by atoms with Gasteiger partial charge < -0.3 is 4.74 Å². The molecule has 0 spiro atoms. The predicted octanol–water partition coefficient (Wildman–Crippen LogP) is 5.63. The first-order valence-electron chi connectivity index (χ1n) is 9.80. The molecule has 2 atom stereocenters. The van der Waals surface area contributed by atoms with E-state index in [1.165, 1.54) is 0 Å². The quantitative estimate of drug-likeness (QED) is 0.375. The van der Waals surface area contributed by atoms with Crippen LogP contribution in [0.2, 0.25) is 5.15 Å². The number of hydrogen-bond acceptors (Lipinski definition) is 5. The van der Waals surface area contributed by atoms with E-state index in [1.807, 2.05) is 61.5 Å². The molecule has 0 fully saturated rings. The SMILES string of the molecule is Cc1nn(-c2ccccc2)c(Cl)c1C1c2c(n[nH]c2-c2ccc(Br)cc2)OC(=N)C1C#N. The number of halogens is 2. The van der Waals surface area contributed by atoms with Crippen LogP contribution >= 0.6 is 27.5 Å². The van der Waals surface area contributed by atoms with Crippen molar-refractivity contribution in [3.05, 3.63) is 81.0 Å². The minimum absolute atomic E-state index is 0.165. The number of benzene rings is 2. The lowest BCUT2D eigenvalue weighted by Gasteiger charge is -2.28. The molecule has 158 valence electrons. The summed E-state index contributed by atoms with van der Waals surface area (Å²) in [5.74, 6) is -1.34. The Labute approximate surface area is 197 Å². The predicted molar refractivity (Wildman–Crippen MR) is 124 cm³/mol. The second-order valence-corrected chi connectivity index (χ2v) is 8.69. The number of nitrogens with zero attached hydrogens (tertiary/aromatic N) is 4. The van der Waals surface area contributed by atoms with Gasteiger partial charge in [0.15, 0.2) is 0 Å². The van der Waals surface area contributed by atoms with Crippen molar-refractivity contribution in [3.63, 3.8) is 0 Å². The molecule has 0 saturated heterocycles. The topological polar surface area (TPSA) is 103 Å². The molecule has 3 heterocycles. The number of nitrogens with one attached hydrogen (secondary N) is 2. The Hall–Kier alpha value is -3.41. The maximum atomic E-state index is 9.98. The van der Waals surface area contributed by atoms with Crippen LogP contribution < -0.4 is 4.74 Å². The van der Waals surface area contributed by atoms with E-state index in [4.69, 9.17) is 21.7 Å². The fourth-order valence-electron chi connectivity index (χ4n) is 4.07. The summed E-state index contributed by atoms with van der Waals surface area (Å²) >= 11 is 10.3. The number of para-hydroxylation sites is 1. The zero-order valence-corrected chi connectivity index (χ0v) is 19.1. The van der Waals surface area contributed by atoms with Crippen LogP contribution in [0.4, 0.5) is 0 Å². The number of aromatic amines is 1. The van der Waals surface area contributed by atoms with Gasteiger partial charge >= 0.3 is 0 Å². The lowest BCUT2D eigenvalue weighted by Crippen LogP contribution is -2.31. The number of fused-ring (bicyclic) bond motifs is 1. The number of nitriles is 1. The third-order valence-electron chi connectivity index (χ3n) is 5.53. The van der Waals surface area contributed by atoms with Crippen LogP contribution in [0.1, 0.15) is 22.7 Å². The first-order valence-corrected chi connectivity index (χ1v) is 11.0. The Morgan fingerprint density at radius 1 is 1.16 bits per heavy atom. The van der Waals surface area contributed by atoms with Gasteiger partial charge in [-0.05, 0) is 31.2 Å². The van der Waals surface area contributed by atoms with Gasteiger partial charge in [-0.3, -0.25) is 10.5 Å². The number of aromatic nitrogens is 4. The highest BCUT2D eigenvalue weighted by atomic mass is 79.9. The monoisotopic (exact) mass is 506 g/mol. The van der Waals surface area contributed by atoms with Crippen molar-refractivity contribution in [1.29, 1.82) is 10.7 Å². The summed E-state index contributed by atoms with van der Waals surface area (Å²) in [5.41, 5.74) is 4.44. The summed E-state index contributed by atoms with van der Waals surface area (Å²) < 4.78 is 8.22. The Morgan fingerprint density at radius 2 is 1.88 bits per heavy atom. The van der Waals surface area contributed by atoms with E-state index in [1.54, 1.807) is 4.68 Å². The Balaban J connectivity index is 1.74. The molecule has 2 aromatic carbocycles. The van der Waals surface area contributed by atoms with Gasteiger partial charge in [-0.1, -0.05) is 57.9 Å². The first kappa shape index (κ1) is 20.5. The number of aryl methyl sites for hydroxylation is 1. The molecule has 9 heteroatoms. The van der Waals surface area contributed by atoms with Gasteiger partial charge in [0.1, 0.15) is 11.1 Å². The van der Waals surface area contributed by atoms with Gasteiger partial charge in [-0.2, -0.15) is 10.4 Å². The molecule has 7 nitrogen and oxygen atoms in total. The lowest BCUT2D eigenvalue weighted by atomic mass is 9.79. The first-order chi connectivity index (χ1) is 15.5. The van der Waals surface area contributed by atoms with Crippen molar-refractivity contribution in [1.82, 2.24) is 20.0 Å². The van der Waals surface area contributed by atoms with Gasteiger partial charge in [0.05, 0.1) is 28.7 Å². The maximum absolute atomic E-state index is 9.98.